The zero-order chi connectivity index (χ0) is 13.1. The Morgan fingerprint density at radius 1 is 1.50 bits per heavy atom. The van der Waals surface area contributed by atoms with Crippen LogP contribution in [0.5, 0.6) is 5.88 Å². The van der Waals surface area contributed by atoms with Crippen molar-refractivity contribution in [2.45, 2.75) is 38.7 Å². The minimum absolute atomic E-state index is 0.0325. The zero-order valence-electron chi connectivity index (χ0n) is 10.2. The number of aromatic nitrogens is 1. The number of hydrogen-bond donors (Lipinski definition) is 1. The molecule has 18 heavy (non-hydrogen) atoms. The fourth-order valence-electron chi connectivity index (χ4n) is 2.27. The zero-order valence-corrected chi connectivity index (χ0v) is 11.0. The fraction of sp³-hybridized carbons (Fsp3) is 0.538. The van der Waals surface area contributed by atoms with Gasteiger partial charge in [-0.15, -0.1) is 0 Å². The van der Waals surface area contributed by atoms with Crippen molar-refractivity contribution >= 4 is 17.6 Å². The van der Waals surface area contributed by atoms with Gasteiger partial charge in [-0.25, -0.2) is 9.78 Å². The summed E-state index contributed by atoms with van der Waals surface area (Å²) in [5.41, 5.74) is 0.0325. The minimum Gasteiger partial charge on any atom is -0.478 e. The van der Waals surface area contributed by atoms with E-state index in [1.165, 1.54) is 18.7 Å². The van der Waals surface area contributed by atoms with Crippen LogP contribution in [0.1, 0.15) is 43.0 Å². The van der Waals surface area contributed by atoms with E-state index in [2.05, 4.69) is 11.9 Å². The van der Waals surface area contributed by atoms with Crippen LogP contribution < -0.4 is 4.74 Å². The van der Waals surface area contributed by atoms with Crippen LogP contribution in [0.4, 0.5) is 0 Å². The van der Waals surface area contributed by atoms with Crippen LogP contribution in [0, 0.1) is 5.92 Å². The van der Waals surface area contributed by atoms with Crippen molar-refractivity contribution in [3.63, 3.8) is 0 Å². The average molecular weight is 270 g/mol. The first-order chi connectivity index (χ1) is 8.59. The maximum absolute atomic E-state index is 11.0. The second kappa shape index (κ2) is 5.57. The monoisotopic (exact) mass is 269 g/mol. The predicted octanol–water partition coefficient (Wildman–Crippen LogP) is 3.39. The Hall–Kier alpha value is -1.29. The number of halogens is 1. The maximum Gasteiger partial charge on any atom is 0.337 e. The molecular formula is C13H16ClNO3. The number of rotatable bonds is 3. The summed E-state index contributed by atoms with van der Waals surface area (Å²) >= 11 is 6.00. The molecule has 0 aromatic carbocycles. The summed E-state index contributed by atoms with van der Waals surface area (Å²) in [6, 6.07) is 1.38. The summed E-state index contributed by atoms with van der Waals surface area (Å²) in [7, 11) is 0. The summed E-state index contributed by atoms with van der Waals surface area (Å²) in [6.45, 7) is 2.14. The van der Waals surface area contributed by atoms with Crippen LogP contribution in [0.15, 0.2) is 12.3 Å². The third-order valence-corrected chi connectivity index (χ3v) is 3.75. The van der Waals surface area contributed by atoms with E-state index in [9.17, 15) is 4.79 Å². The van der Waals surface area contributed by atoms with Gasteiger partial charge < -0.3 is 9.84 Å². The Morgan fingerprint density at radius 3 is 2.89 bits per heavy atom. The summed E-state index contributed by atoms with van der Waals surface area (Å²) in [5, 5.41) is 9.07. The number of nitrogens with zero attached hydrogens (tertiary/aromatic N) is 1. The Balaban J connectivity index is 2.18. The number of hydrogen-bond acceptors (Lipinski definition) is 3. The Labute approximate surface area is 111 Å². The summed E-state index contributed by atoms with van der Waals surface area (Å²) in [4.78, 5) is 15.0. The van der Waals surface area contributed by atoms with Gasteiger partial charge in [0.05, 0.1) is 5.56 Å². The molecular weight excluding hydrogens is 254 g/mol. The SMILES string of the molecule is CC1CCCCC1Oc1nccc(C(=O)O)c1Cl. The lowest BCUT2D eigenvalue weighted by Gasteiger charge is -2.29. The lowest BCUT2D eigenvalue weighted by Crippen LogP contribution is -2.28. The van der Waals surface area contributed by atoms with E-state index in [0.29, 0.717) is 5.92 Å². The molecule has 0 saturated heterocycles. The molecule has 2 rings (SSSR count). The van der Waals surface area contributed by atoms with Crippen molar-refractivity contribution in [2.24, 2.45) is 5.92 Å². The van der Waals surface area contributed by atoms with E-state index in [0.717, 1.165) is 19.3 Å². The molecule has 0 aliphatic heterocycles. The predicted molar refractivity (Wildman–Crippen MR) is 68.3 cm³/mol. The van der Waals surface area contributed by atoms with E-state index >= 15 is 0 Å². The van der Waals surface area contributed by atoms with Crippen LogP contribution in [0.2, 0.25) is 5.02 Å². The molecule has 1 aromatic rings. The quantitative estimate of drug-likeness (QED) is 0.914. The van der Waals surface area contributed by atoms with Gasteiger partial charge in [0, 0.05) is 6.20 Å². The van der Waals surface area contributed by atoms with E-state index in [4.69, 9.17) is 21.4 Å². The molecule has 0 bridgehead atoms. The first-order valence-electron chi connectivity index (χ1n) is 6.14. The molecule has 0 spiro atoms. The van der Waals surface area contributed by atoms with E-state index < -0.39 is 5.97 Å². The molecule has 5 heteroatoms. The van der Waals surface area contributed by atoms with Gasteiger partial charge >= 0.3 is 5.97 Å². The first-order valence-corrected chi connectivity index (χ1v) is 6.52. The molecule has 1 aliphatic rings. The van der Waals surface area contributed by atoms with Crippen LogP contribution in [-0.4, -0.2) is 22.2 Å². The number of aromatic carboxylic acids is 1. The molecule has 1 aliphatic carbocycles. The molecule has 1 saturated carbocycles. The number of pyridine rings is 1. The van der Waals surface area contributed by atoms with Gasteiger partial charge in [0.2, 0.25) is 5.88 Å². The van der Waals surface area contributed by atoms with Gasteiger partial charge in [-0.05, 0) is 31.2 Å². The highest BCUT2D eigenvalue weighted by Crippen LogP contribution is 2.31. The van der Waals surface area contributed by atoms with E-state index in [1.54, 1.807) is 0 Å². The smallest absolute Gasteiger partial charge is 0.337 e. The van der Waals surface area contributed by atoms with Gasteiger partial charge in [-0.2, -0.15) is 0 Å². The number of carboxylic acids is 1. The van der Waals surface area contributed by atoms with E-state index in [-0.39, 0.29) is 22.6 Å². The molecule has 0 amide bonds. The highest BCUT2D eigenvalue weighted by molar-refractivity contribution is 6.34. The summed E-state index contributed by atoms with van der Waals surface area (Å²) in [6.07, 6.45) is 5.94. The molecule has 1 heterocycles. The molecule has 1 aromatic heterocycles. The van der Waals surface area contributed by atoms with Gasteiger partial charge in [0.15, 0.2) is 0 Å². The molecule has 2 atom stereocenters. The van der Waals surface area contributed by atoms with Gasteiger partial charge in [-0.3, -0.25) is 0 Å². The lowest BCUT2D eigenvalue weighted by molar-refractivity contribution is 0.0693. The molecule has 2 unspecified atom stereocenters. The summed E-state index contributed by atoms with van der Waals surface area (Å²) in [5.74, 6) is -0.385. The maximum atomic E-state index is 11.0. The highest BCUT2D eigenvalue weighted by atomic mass is 35.5. The topological polar surface area (TPSA) is 59.4 Å². The highest BCUT2D eigenvalue weighted by Gasteiger charge is 2.25. The molecule has 1 N–H and O–H groups in total. The van der Waals surface area contributed by atoms with Crippen LogP contribution >= 0.6 is 11.6 Å². The Bertz CT molecular complexity index is 450. The molecule has 0 radical (unpaired) electrons. The van der Waals surface area contributed by atoms with Crippen LogP contribution in [0.3, 0.4) is 0 Å². The third kappa shape index (κ3) is 2.75. The molecule has 4 nitrogen and oxygen atoms in total. The van der Waals surface area contributed by atoms with Gasteiger partial charge in [-0.1, -0.05) is 24.9 Å². The lowest BCUT2D eigenvalue weighted by atomic mass is 9.88. The van der Waals surface area contributed by atoms with Crippen molar-refractivity contribution in [3.8, 4) is 5.88 Å². The van der Waals surface area contributed by atoms with Crippen LogP contribution in [-0.2, 0) is 0 Å². The minimum atomic E-state index is -1.07. The Morgan fingerprint density at radius 2 is 2.22 bits per heavy atom. The van der Waals surface area contributed by atoms with Crippen molar-refractivity contribution in [1.82, 2.24) is 4.98 Å². The fourth-order valence-corrected chi connectivity index (χ4v) is 2.51. The normalized spacial score (nSPS) is 23.7. The number of ether oxygens (including phenoxy) is 1. The van der Waals surface area contributed by atoms with Gasteiger partial charge in [0.1, 0.15) is 11.1 Å². The van der Waals surface area contributed by atoms with E-state index in [1.807, 2.05) is 0 Å². The Kier molecular flexibility index (Phi) is 4.07. The van der Waals surface area contributed by atoms with Crippen molar-refractivity contribution < 1.29 is 14.6 Å². The van der Waals surface area contributed by atoms with Crippen molar-refractivity contribution in [1.29, 1.82) is 0 Å². The number of carbonyl (C=O) groups is 1. The van der Waals surface area contributed by atoms with Crippen LogP contribution in [0.25, 0.3) is 0 Å². The largest absolute Gasteiger partial charge is 0.478 e. The average Bonchev–Trinajstić information content (AvgIpc) is 2.34. The van der Waals surface area contributed by atoms with Crippen molar-refractivity contribution in [3.05, 3.63) is 22.8 Å². The number of carboxylic acid groups (broad SMARTS) is 1. The second-order valence-electron chi connectivity index (χ2n) is 4.70. The standard InChI is InChI=1S/C13H16ClNO3/c1-8-4-2-3-5-10(8)18-12-11(14)9(13(16)17)6-7-15-12/h6-8,10H,2-5H2,1H3,(H,16,17). The molecule has 98 valence electrons. The first kappa shape index (κ1) is 13.1. The third-order valence-electron chi connectivity index (χ3n) is 3.38. The summed E-state index contributed by atoms with van der Waals surface area (Å²) < 4.78 is 5.78. The van der Waals surface area contributed by atoms with Crippen molar-refractivity contribution in [2.75, 3.05) is 0 Å². The second-order valence-corrected chi connectivity index (χ2v) is 5.08. The van der Waals surface area contributed by atoms with Gasteiger partial charge in [0.25, 0.3) is 0 Å². The molecule has 1 fully saturated rings.